The molecular weight excluding hydrogens is 542 g/mol. The maximum Gasteiger partial charge on any atom is 0.322 e. The number of hydrogen-bond donors (Lipinski definition) is 2. The van der Waals surface area contributed by atoms with Crippen molar-refractivity contribution in [3.05, 3.63) is 27.4 Å². The molecule has 0 bridgehead atoms. The number of carbonyl (C=O) groups is 1. The summed E-state index contributed by atoms with van der Waals surface area (Å²) in [5.41, 5.74) is 5.49. The third kappa shape index (κ3) is 6.12. The minimum Gasteiger partial charge on any atom is -0.480 e. The second kappa shape index (κ2) is 12.6. The number of likely N-dealkylation sites (tertiary alicyclic amines) is 1. The lowest BCUT2D eigenvalue weighted by molar-refractivity contribution is -0.147. The molecule has 1 aromatic rings. The molecule has 4 heterocycles. The normalized spacial score (nSPS) is 36.6. The van der Waals surface area contributed by atoms with Crippen LogP contribution in [-0.2, 0) is 28.9 Å². The molecule has 3 saturated heterocycles. The van der Waals surface area contributed by atoms with Gasteiger partial charge in [-0.2, -0.15) is 0 Å². The number of rotatable bonds is 7. The molecule has 41 heavy (non-hydrogen) atoms. The minimum absolute atomic E-state index is 0.0658. The molecule has 9 nitrogen and oxygen atoms in total. The van der Waals surface area contributed by atoms with Crippen molar-refractivity contribution in [2.24, 2.45) is 11.8 Å². The summed E-state index contributed by atoms with van der Waals surface area (Å²) >= 11 is 6.73. The Bertz CT molecular complexity index is 1160. The van der Waals surface area contributed by atoms with Gasteiger partial charge in [0, 0.05) is 29.1 Å². The maximum absolute atomic E-state index is 13.7. The van der Waals surface area contributed by atoms with E-state index >= 15 is 0 Å². The molecule has 0 amide bonds. The molecule has 0 radical (unpaired) electrons. The van der Waals surface area contributed by atoms with Gasteiger partial charge < -0.3 is 14.7 Å². The zero-order chi connectivity index (χ0) is 28.7. The number of piperidine rings is 1. The second-order valence-corrected chi connectivity index (χ2v) is 14.0. The Morgan fingerprint density at radius 1 is 1.10 bits per heavy atom. The van der Waals surface area contributed by atoms with Crippen molar-refractivity contribution in [2.75, 3.05) is 19.7 Å². The summed E-state index contributed by atoms with van der Waals surface area (Å²) in [7, 11) is 0. The van der Waals surface area contributed by atoms with Gasteiger partial charge >= 0.3 is 5.97 Å². The molecule has 3 aliphatic heterocycles. The lowest BCUT2D eigenvalue weighted by Crippen LogP contribution is -2.61. The summed E-state index contributed by atoms with van der Waals surface area (Å²) in [6, 6.07) is 0.386. The fraction of sp³-hybridized carbons (Fsp3) is 0.839. The predicted molar refractivity (Wildman–Crippen MR) is 158 cm³/mol. The average molecular weight is 590 g/mol. The Kier molecular flexibility index (Phi) is 9.09. The molecule has 2 aliphatic carbocycles. The molecule has 0 spiro atoms. The first-order valence-electron chi connectivity index (χ1n) is 16.2. The van der Waals surface area contributed by atoms with Crippen LogP contribution >= 0.6 is 11.6 Å². The Labute approximate surface area is 248 Å². The molecule has 8 unspecified atom stereocenters. The molecule has 2 N–H and O–H groups in total. The smallest absolute Gasteiger partial charge is 0.322 e. The van der Waals surface area contributed by atoms with Gasteiger partial charge in [-0.1, -0.05) is 6.42 Å². The third-order valence-electron chi connectivity index (χ3n) is 10.8. The number of alkyl halides is 1. The van der Waals surface area contributed by atoms with Crippen LogP contribution in [0.2, 0.25) is 0 Å². The molecule has 8 atom stereocenters. The number of fused-ring (bicyclic) bond motifs is 2. The predicted octanol–water partition coefficient (Wildman–Crippen LogP) is 3.52. The minimum atomic E-state index is -0.749. The standard InChI is InChI=1S/C31H48ClN5O4/c1-19-16-23(27-9-10-28(31(39)40)37(27)34-19)24-17-21(32)6-11-29(24)41-15-14-36-20(2)33-26-8-7-22(18-25(26)30(36)38)35-12-4-3-5-13-35/h19,21-24,27-29,34H,3-18H2,1-2H3,(H,39,40). The lowest BCUT2D eigenvalue weighted by atomic mass is 9.71. The first kappa shape index (κ1) is 29.5. The molecule has 4 fully saturated rings. The lowest BCUT2D eigenvalue weighted by Gasteiger charge is -2.48. The number of halogens is 1. The van der Waals surface area contributed by atoms with Crippen molar-refractivity contribution in [3.8, 4) is 0 Å². The third-order valence-corrected chi connectivity index (χ3v) is 11.2. The van der Waals surface area contributed by atoms with Crippen LogP contribution in [0.3, 0.4) is 0 Å². The van der Waals surface area contributed by atoms with Crippen molar-refractivity contribution in [2.45, 2.75) is 133 Å². The number of aliphatic carboxylic acids is 1. The van der Waals surface area contributed by atoms with E-state index in [0.29, 0.717) is 31.5 Å². The number of carboxylic acids is 1. The van der Waals surface area contributed by atoms with E-state index in [-0.39, 0.29) is 35.0 Å². The fourth-order valence-corrected chi connectivity index (χ4v) is 9.10. The van der Waals surface area contributed by atoms with E-state index in [1.54, 1.807) is 0 Å². The molecule has 1 aromatic heterocycles. The summed E-state index contributed by atoms with van der Waals surface area (Å²) in [5.74, 6) is 0.647. The number of aryl methyl sites for hydroxylation is 2. The van der Waals surface area contributed by atoms with Gasteiger partial charge in [0.1, 0.15) is 11.9 Å². The van der Waals surface area contributed by atoms with Crippen molar-refractivity contribution >= 4 is 17.6 Å². The highest BCUT2D eigenvalue weighted by Crippen LogP contribution is 2.44. The zero-order valence-corrected chi connectivity index (χ0v) is 25.5. The van der Waals surface area contributed by atoms with Crippen LogP contribution in [0.1, 0.15) is 88.2 Å². The number of aromatic nitrogens is 2. The number of carboxylic acid groups (broad SMARTS) is 1. The van der Waals surface area contributed by atoms with Gasteiger partial charge in [0.2, 0.25) is 0 Å². The van der Waals surface area contributed by atoms with Gasteiger partial charge in [-0.3, -0.25) is 19.6 Å². The van der Waals surface area contributed by atoms with E-state index in [4.69, 9.17) is 21.3 Å². The summed E-state index contributed by atoms with van der Waals surface area (Å²) in [6.07, 6.45) is 12.0. The quantitative estimate of drug-likeness (QED) is 0.466. The van der Waals surface area contributed by atoms with Gasteiger partial charge in [-0.25, -0.2) is 9.99 Å². The molecule has 5 aliphatic rings. The van der Waals surface area contributed by atoms with Crippen LogP contribution in [0, 0.1) is 18.8 Å². The molecule has 228 valence electrons. The SMILES string of the molecule is Cc1nc2c(c(=O)n1CCOC1CCC(Cl)CC1C1CC(C)NN3C(C(=O)O)CCC13)CC(N1CCCCC1)CC2. The maximum atomic E-state index is 13.7. The van der Waals surface area contributed by atoms with E-state index < -0.39 is 12.0 Å². The van der Waals surface area contributed by atoms with Gasteiger partial charge in [0.05, 0.1) is 24.9 Å². The molecular formula is C31H48ClN5O4. The largest absolute Gasteiger partial charge is 0.480 e. The number of nitrogens with zero attached hydrogens (tertiary/aromatic N) is 4. The first-order chi connectivity index (χ1) is 19.8. The number of ether oxygens (including phenoxy) is 1. The van der Waals surface area contributed by atoms with Gasteiger partial charge in [-0.05, 0) is 109 Å². The Balaban J connectivity index is 1.14. The van der Waals surface area contributed by atoms with E-state index in [1.165, 1.54) is 19.3 Å². The molecule has 0 aromatic carbocycles. The summed E-state index contributed by atoms with van der Waals surface area (Å²) in [6.45, 7) is 7.37. The highest BCUT2D eigenvalue weighted by atomic mass is 35.5. The fourth-order valence-electron chi connectivity index (χ4n) is 8.76. The van der Waals surface area contributed by atoms with Crippen LogP contribution in [0.5, 0.6) is 0 Å². The van der Waals surface area contributed by atoms with Crippen LogP contribution < -0.4 is 11.0 Å². The molecule has 1 saturated carbocycles. The number of nitrogens with one attached hydrogen (secondary N) is 1. The topological polar surface area (TPSA) is 99.9 Å². The van der Waals surface area contributed by atoms with E-state index in [2.05, 4.69) is 17.2 Å². The second-order valence-electron chi connectivity index (χ2n) is 13.4. The van der Waals surface area contributed by atoms with Crippen LogP contribution in [0.4, 0.5) is 0 Å². The van der Waals surface area contributed by atoms with E-state index in [0.717, 1.165) is 81.5 Å². The monoisotopic (exact) mass is 589 g/mol. The zero-order valence-electron chi connectivity index (χ0n) is 24.8. The molecule has 6 rings (SSSR count). The van der Waals surface area contributed by atoms with Crippen LogP contribution in [-0.4, -0.2) is 85.9 Å². The van der Waals surface area contributed by atoms with Crippen molar-refractivity contribution in [3.63, 3.8) is 0 Å². The molecule has 10 heteroatoms. The summed E-state index contributed by atoms with van der Waals surface area (Å²) in [4.78, 5) is 33.1. The van der Waals surface area contributed by atoms with Crippen molar-refractivity contribution in [1.29, 1.82) is 0 Å². The van der Waals surface area contributed by atoms with Gasteiger partial charge in [-0.15, -0.1) is 11.6 Å². The summed E-state index contributed by atoms with van der Waals surface area (Å²) < 4.78 is 8.46. The highest BCUT2D eigenvalue weighted by Gasteiger charge is 2.50. The Hall–Kier alpha value is -1.52. The Morgan fingerprint density at radius 2 is 1.90 bits per heavy atom. The van der Waals surface area contributed by atoms with Gasteiger partial charge in [0.25, 0.3) is 5.56 Å². The average Bonchev–Trinajstić information content (AvgIpc) is 3.39. The number of hydrazine groups is 1. The summed E-state index contributed by atoms with van der Waals surface area (Å²) in [5, 5.41) is 11.9. The van der Waals surface area contributed by atoms with Crippen LogP contribution in [0.15, 0.2) is 4.79 Å². The van der Waals surface area contributed by atoms with Crippen LogP contribution in [0.25, 0.3) is 0 Å². The highest BCUT2D eigenvalue weighted by molar-refractivity contribution is 6.20. The van der Waals surface area contributed by atoms with Crippen molar-refractivity contribution < 1.29 is 14.6 Å². The van der Waals surface area contributed by atoms with E-state index in [9.17, 15) is 14.7 Å². The van der Waals surface area contributed by atoms with E-state index in [1.807, 2.05) is 16.5 Å². The van der Waals surface area contributed by atoms with Gasteiger partial charge in [0.15, 0.2) is 0 Å². The first-order valence-corrected chi connectivity index (χ1v) is 16.6. The Morgan fingerprint density at radius 3 is 2.68 bits per heavy atom. The van der Waals surface area contributed by atoms with Crippen molar-refractivity contribution in [1.82, 2.24) is 24.9 Å². The number of hydrogen-bond acceptors (Lipinski definition) is 7.